The van der Waals surface area contributed by atoms with Crippen molar-refractivity contribution >= 4 is 18.0 Å². The summed E-state index contributed by atoms with van der Waals surface area (Å²) in [4.78, 5) is 37.3. The molecule has 8 nitrogen and oxygen atoms in total. The molecule has 186 valence electrons. The third kappa shape index (κ3) is 5.65. The molecule has 0 radical (unpaired) electrons. The molecule has 35 heavy (non-hydrogen) atoms. The highest BCUT2D eigenvalue weighted by Gasteiger charge is 2.38. The molecule has 0 saturated carbocycles. The molecule has 2 aromatic rings. The van der Waals surface area contributed by atoms with Gasteiger partial charge in [0.15, 0.2) is 0 Å². The number of carbonyl (C=O) groups excluding carboxylic acids is 2. The third-order valence-electron chi connectivity index (χ3n) is 6.99. The van der Waals surface area contributed by atoms with E-state index in [-0.39, 0.29) is 43.7 Å². The van der Waals surface area contributed by atoms with Crippen molar-refractivity contribution in [3.05, 3.63) is 59.7 Å². The molecule has 8 heteroatoms. The first kappa shape index (κ1) is 24.7. The first-order valence-corrected chi connectivity index (χ1v) is 12.1. The maximum atomic E-state index is 12.4. The van der Waals surface area contributed by atoms with Crippen molar-refractivity contribution in [1.29, 1.82) is 0 Å². The zero-order valence-corrected chi connectivity index (χ0v) is 19.9. The van der Waals surface area contributed by atoms with Crippen molar-refractivity contribution in [3.8, 4) is 11.1 Å². The number of ether oxygens (including phenoxy) is 1. The van der Waals surface area contributed by atoms with Gasteiger partial charge in [0.2, 0.25) is 5.91 Å². The molecule has 1 heterocycles. The number of carboxylic acid groups (broad SMARTS) is 1. The van der Waals surface area contributed by atoms with Crippen LogP contribution in [0.5, 0.6) is 0 Å². The van der Waals surface area contributed by atoms with Crippen LogP contribution in [0.1, 0.15) is 49.7 Å². The smallest absolute Gasteiger partial charge is 0.407 e. The number of hydrogen-bond donors (Lipinski definition) is 3. The average Bonchev–Trinajstić information content (AvgIpc) is 3.39. The average molecular weight is 481 g/mol. The van der Waals surface area contributed by atoms with Gasteiger partial charge >= 0.3 is 12.1 Å². The summed E-state index contributed by atoms with van der Waals surface area (Å²) in [5, 5.41) is 21.8. The van der Waals surface area contributed by atoms with Crippen LogP contribution in [0, 0.1) is 5.92 Å². The fourth-order valence-electron chi connectivity index (χ4n) is 5.05. The highest BCUT2D eigenvalue weighted by molar-refractivity contribution is 5.84. The zero-order valence-electron chi connectivity index (χ0n) is 19.9. The molecular formula is C27H32N2O6. The van der Waals surface area contributed by atoms with Gasteiger partial charge < -0.3 is 25.2 Å². The Labute approximate surface area is 204 Å². The first-order valence-electron chi connectivity index (χ1n) is 12.1. The molecule has 2 amide bonds. The van der Waals surface area contributed by atoms with Gasteiger partial charge in [-0.3, -0.25) is 4.79 Å². The van der Waals surface area contributed by atoms with Crippen LogP contribution >= 0.6 is 0 Å². The van der Waals surface area contributed by atoms with E-state index >= 15 is 0 Å². The number of aliphatic carboxylic acids is 1. The summed E-state index contributed by atoms with van der Waals surface area (Å²) >= 11 is 0. The Hall–Kier alpha value is -3.39. The highest BCUT2D eigenvalue weighted by atomic mass is 16.5. The van der Waals surface area contributed by atoms with Crippen molar-refractivity contribution in [2.75, 3.05) is 19.7 Å². The Morgan fingerprint density at radius 1 is 1.06 bits per heavy atom. The molecule has 1 fully saturated rings. The second-order valence-corrected chi connectivity index (χ2v) is 9.47. The number of fused-ring (bicyclic) bond motifs is 3. The highest BCUT2D eigenvalue weighted by Crippen LogP contribution is 2.44. The Morgan fingerprint density at radius 3 is 2.31 bits per heavy atom. The monoisotopic (exact) mass is 480 g/mol. The molecule has 3 atom stereocenters. The summed E-state index contributed by atoms with van der Waals surface area (Å²) in [6, 6.07) is 15.4. The molecule has 4 rings (SSSR count). The fourth-order valence-corrected chi connectivity index (χ4v) is 5.05. The van der Waals surface area contributed by atoms with Crippen LogP contribution in [-0.2, 0) is 14.3 Å². The van der Waals surface area contributed by atoms with Crippen LogP contribution in [0.2, 0.25) is 0 Å². The zero-order chi connectivity index (χ0) is 24.9. The van der Waals surface area contributed by atoms with Gasteiger partial charge in [-0.1, -0.05) is 55.5 Å². The lowest BCUT2D eigenvalue weighted by Gasteiger charge is -2.22. The number of hydrogen-bond acceptors (Lipinski definition) is 5. The van der Waals surface area contributed by atoms with E-state index in [2.05, 4.69) is 29.6 Å². The van der Waals surface area contributed by atoms with E-state index in [9.17, 15) is 24.6 Å². The van der Waals surface area contributed by atoms with Gasteiger partial charge in [0.1, 0.15) is 12.6 Å². The van der Waals surface area contributed by atoms with Crippen molar-refractivity contribution in [2.45, 2.75) is 50.7 Å². The maximum Gasteiger partial charge on any atom is 0.407 e. The number of nitrogens with one attached hydrogen (secondary N) is 1. The number of aliphatic hydroxyl groups is 1. The SMILES string of the molecule is CC(CCNC(=O)OCC1c2ccccc2-c2ccccc21)CCC(=O)N1C[C@H](O)C[C@@H]1C(=O)O. The van der Waals surface area contributed by atoms with Crippen LogP contribution in [0.3, 0.4) is 0 Å². The van der Waals surface area contributed by atoms with Crippen molar-refractivity contribution in [3.63, 3.8) is 0 Å². The van der Waals surface area contributed by atoms with Crippen LogP contribution in [0.15, 0.2) is 48.5 Å². The van der Waals surface area contributed by atoms with E-state index in [1.54, 1.807) is 0 Å². The summed E-state index contributed by atoms with van der Waals surface area (Å²) in [6.07, 6.45) is 0.264. The molecular weight excluding hydrogens is 448 g/mol. The quantitative estimate of drug-likeness (QED) is 0.507. The lowest BCUT2D eigenvalue weighted by molar-refractivity contribution is -0.148. The molecule has 1 aliphatic carbocycles. The lowest BCUT2D eigenvalue weighted by Crippen LogP contribution is -2.40. The van der Waals surface area contributed by atoms with E-state index in [1.807, 2.05) is 31.2 Å². The van der Waals surface area contributed by atoms with Gasteiger partial charge in [-0.15, -0.1) is 0 Å². The number of carbonyl (C=O) groups is 3. The number of rotatable bonds is 9. The van der Waals surface area contributed by atoms with Gasteiger partial charge in [0, 0.05) is 31.8 Å². The minimum Gasteiger partial charge on any atom is -0.480 e. The fraction of sp³-hybridized carbons (Fsp3) is 0.444. The predicted octanol–water partition coefficient (Wildman–Crippen LogP) is 3.38. The summed E-state index contributed by atoms with van der Waals surface area (Å²) in [5.41, 5.74) is 4.68. The first-order chi connectivity index (χ1) is 16.8. The number of alkyl carbamates (subject to hydrolysis) is 1. The van der Waals surface area contributed by atoms with Crippen LogP contribution in [0.25, 0.3) is 11.1 Å². The molecule has 1 unspecified atom stereocenters. The molecule has 0 spiro atoms. The second kappa shape index (κ2) is 10.9. The van der Waals surface area contributed by atoms with Gasteiger partial charge in [-0.05, 0) is 41.0 Å². The summed E-state index contributed by atoms with van der Waals surface area (Å²) < 4.78 is 5.54. The third-order valence-corrected chi connectivity index (χ3v) is 6.99. The number of β-amino-alcohol motifs (C(OH)–C–C–N with tert-alkyl or cyclic N) is 1. The van der Waals surface area contributed by atoms with Gasteiger partial charge in [0.25, 0.3) is 0 Å². The number of aliphatic hydroxyl groups excluding tert-OH is 1. The van der Waals surface area contributed by atoms with Crippen LogP contribution < -0.4 is 5.32 Å². The number of carboxylic acids is 1. The molecule has 1 aliphatic heterocycles. The summed E-state index contributed by atoms with van der Waals surface area (Å²) in [6.45, 7) is 2.73. The summed E-state index contributed by atoms with van der Waals surface area (Å²) in [5.74, 6) is -1.18. The van der Waals surface area contributed by atoms with Crippen molar-refractivity contribution < 1.29 is 29.3 Å². The molecule has 2 aromatic carbocycles. The lowest BCUT2D eigenvalue weighted by atomic mass is 9.98. The maximum absolute atomic E-state index is 12.4. The van der Waals surface area contributed by atoms with Gasteiger partial charge in [-0.25, -0.2) is 9.59 Å². The van der Waals surface area contributed by atoms with Crippen LogP contribution in [0.4, 0.5) is 4.79 Å². The minimum atomic E-state index is -1.09. The van der Waals surface area contributed by atoms with E-state index < -0.39 is 24.2 Å². The topological polar surface area (TPSA) is 116 Å². The van der Waals surface area contributed by atoms with Crippen molar-refractivity contribution in [2.24, 2.45) is 5.92 Å². The number of likely N-dealkylation sites (tertiary alicyclic amines) is 1. The van der Waals surface area contributed by atoms with Gasteiger partial charge in [0.05, 0.1) is 6.10 Å². The Kier molecular flexibility index (Phi) is 7.70. The molecule has 3 N–H and O–H groups in total. The molecule has 2 aliphatic rings. The Morgan fingerprint density at radius 2 is 1.69 bits per heavy atom. The van der Waals surface area contributed by atoms with E-state index in [1.165, 1.54) is 16.0 Å². The van der Waals surface area contributed by atoms with Crippen molar-refractivity contribution in [1.82, 2.24) is 10.2 Å². The molecule has 0 bridgehead atoms. The Balaban J connectivity index is 1.18. The summed E-state index contributed by atoms with van der Waals surface area (Å²) in [7, 11) is 0. The standard InChI is InChI=1S/C27H32N2O6/c1-17(10-11-25(31)29-15-18(30)14-24(29)26(32)33)12-13-28-27(34)35-16-23-21-8-4-2-6-19(21)20-7-3-5-9-22(20)23/h2-9,17-18,23-24,30H,10-16H2,1H3,(H,28,34)(H,32,33)/t17?,18-,24-/m1/s1. The Bertz CT molecular complexity index is 1040. The van der Waals surface area contributed by atoms with Crippen LogP contribution in [-0.4, -0.2) is 64.9 Å². The van der Waals surface area contributed by atoms with Gasteiger partial charge in [-0.2, -0.15) is 0 Å². The molecule has 0 aromatic heterocycles. The molecule has 1 saturated heterocycles. The van der Waals surface area contributed by atoms with E-state index in [4.69, 9.17) is 4.74 Å². The number of amides is 2. The largest absolute Gasteiger partial charge is 0.480 e. The number of nitrogens with zero attached hydrogens (tertiary/aromatic N) is 1. The normalized spacial score (nSPS) is 19.7. The van der Waals surface area contributed by atoms with E-state index in [0.29, 0.717) is 19.4 Å². The second-order valence-electron chi connectivity index (χ2n) is 9.47. The predicted molar refractivity (Wildman–Crippen MR) is 130 cm³/mol. The van der Waals surface area contributed by atoms with E-state index in [0.717, 1.165) is 11.1 Å². The minimum absolute atomic E-state index is 0.0109. The number of benzene rings is 2.